The molecule has 2 fully saturated rings. The predicted octanol–water partition coefficient (Wildman–Crippen LogP) is 2.01. The van der Waals surface area contributed by atoms with Crippen molar-refractivity contribution in [3.05, 3.63) is 48.2 Å². The molecule has 9 heteroatoms. The third-order valence-electron chi connectivity index (χ3n) is 6.03. The molecule has 3 aromatic rings. The Morgan fingerprint density at radius 2 is 2.00 bits per heavy atom. The summed E-state index contributed by atoms with van der Waals surface area (Å²) in [5.41, 5.74) is 2.08. The first-order valence-electron chi connectivity index (χ1n) is 10.7. The minimum Gasteiger partial charge on any atom is -0.378 e. The fourth-order valence-corrected chi connectivity index (χ4v) is 4.49. The molecule has 162 valence electrons. The maximum absolute atomic E-state index is 12.7. The zero-order valence-electron chi connectivity index (χ0n) is 17.5. The number of likely N-dealkylation sites (N-methyl/N-ethyl adjacent to an activating group) is 1. The number of urea groups is 1. The molecule has 3 N–H and O–H groups in total. The van der Waals surface area contributed by atoms with E-state index >= 15 is 0 Å². The number of morpholine rings is 1. The molecule has 0 spiro atoms. The summed E-state index contributed by atoms with van der Waals surface area (Å²) in [6.07, 6.45) is 1.76. The highest BCUT2D eigenvalue weighted by Gasteiger charge is 2.33. The summed E-state index contributed by atoms with van der Waals surface area (Å²) in [7, 11) is 2.08. The number of amides is 2. The number of aromatic nitrogens is 3. The molecule has 2 atom stereocenters. The van der Waals surface area contributed by atoms with Gasteiger partial charge in [-0.2, -0.15) is 5.10 Å². The number of nitrogens with one attached hydrogen (secondary N) is 3. The van der Waals surface area contributed by atoms with Gasteiger partial charge in [-0.15, -0.1) is 0 Å². The minimum atomic E-state index is -0.249. The SMILES string of the molecule is CN1C[C@H](NC(=O)Nc2cc3[nH]nc(N4CCOCC4)c3cn2)[C@@H](c2ccccc2)C1. The monoisotopic (exact) mass is 421 g/mol. The molecular weight excluding hydrogens is 394 g/mol. The van der Waals surface area contributed by atoms with Gasteiger partial charge in [-0.05, 0) is 12.6 Å². The van der Waals surface area contributed by atoms with Gasteiger partial charge < -0.3 is 19.9 Å². The van der Waals surface area contributed by atoms with Crippen LogP contribution in [-0.2, 0) is 4.74 Å². The first-order chi connectivity index (χ1) is 15.2. The Balaban J connectivity index is 1.27. The van der Waals surface area contributed by atoms with Crippen molar-refractivity contribution in [2.75, 3.05) is 56.7 Å². The number of carbonyl (C=O) groups excluding carboxylic acids is 1. The molecule has 2 saturated heterocycles. The van der Waals surface area contributed by atoms with E-state index in [0.29, 0.717) is 19.0 Å². The second-order valence-corrected chi connectivity index (χ2v) is 8.21. The Kier molecular flexibility index (Phi) is 5.44. The van der Waals surface area contributed by atoms with Crippen LogP contribution in [0.1, 0.15) is 11.5 Å². The largest absolute Gasteiger partial charge is 0.378 e. The lowest BCUT2D eigenvalue weighted by Gasteiger charge is -2.26. The fourth-order valence-electron chi connectivity index (χ4n) is 4.49. The highest BCUT2D eigenvalue weighted by Crippen LogP contribution is 2.27. The topological polar surface area (TPSA) is 98.4 Å². The van der Waals surface area contributed by atoms with Gasteiger partial charge in [0.25, 0.3) is 0 Å². The quantitative estimate of drug-likeness (QED) is 0.596. The van der Waals surface area contributed by atoms with Crippen molar-refractivity contribution in [2.24, 2.45) is 0 Å². The molecule has 2 aliphatic rings. The van der Waals surface area contributed by atoms with E-state index in [2.05, 4.69) is 54.8 Å². The van der Waals surface area contributed by atoms with Crippen LogP contribution in [0, 0.1) is 0 Å². The number of rotatable bonds is 4. The normalized spacial score (nSPS) is 22.0. The second kappa shape index (κ2) is 8.52. The first kappa shape index (κ1) is 19.8. The van der Waals surface area contributed by atoms with Crippen LogP contribution in [-0.4, -0.2) is 78.6 Å². The molecule has 0 saturated carbocycles. The van der Waals surface area contributed by atoms with Gasteiger partial charge in [-0.1, -0.05) is 30.3 Å². The molecule has 5 rings (SSSR count). The predicted molar refractivity (Wildman–Crippen MR) is 120 cm³/mol. The van der Waals surface area contributed by atoms with Crippen LogP contribution in [0.3, 0.4) is 0 Å². The summed E-state index contributed by atoms with van der Waals surface area (Å²) in [5.74, 6) is 1.63. The maximum Gasteiger partial charge on any atom is 0.320 e. The number of hydrogen-bond acceptors (Lipinski definition) is 6. The smallest absolute Gasteiger partial charge is 0.320 e. The van der Waals surface area contributed by atoms with E-state index in [1.165, 1.54) is 5.56 Å². The van der Waals surface area contributed by atoms with Gasteiger partial charge in [0.2, 0.25) is 0 Å². The zero-order chi connectivity index (χ0) is 21.2. The van der Waals surface area contributed by atoms with E-state index in [0.717, 1.165) is 42.9 Å². The van der Waals surface area contributed by atoms with Crippen LogP contribution < -0.4 is 15.5 Å². The summed E-state index contributed by atoms with van der Waals surface area (Å²) in [6, 6.07) is 11.9. The molecule has 31 heavy (non-hydrogen) atoms. The maximum atomic E-state index is 12.7. The fraction of sp³-hybridized carbons (Fsp3) is 0.409. The number of H-pyrrole nitrogens is 1. The lowest BCUT2D eigenvalue weighted by atomic mass is 9.94. The molecule has 2 aliphatic heterocycles. The Bertz CT molecular complexity index is 1050. The summed E-state index contributed by atoms with van der Waals surface area (Å²) < 4.78 is 5.42. The lowest BCUT2D eigenvalue weighted by molar-refractivity contribution is 0.122. The van der Waals surface area contributed by atoms with Crippen LogP contribution in [0.25, 0.3) is 10.9 Å². The number of aromatic amines is 1. The number of benzene rings is 1. The third-order valence-corrected chi connectivity index (χ3v) is 6.03. The van der Waals surface area contributed by atoms with E-state index in [1.54, 1.807) is 6.20 Å². The van der Waals surface area contributed by atoms with Gasteiger partial charge in [0.05, 0.1) is 30.2 Å². The van der Waals surface area contributed by atoms with Crippen molar-refractivity contribution in [3.63, 3.8) is 0 Å². The van der Waals surface area contributed by atoms with Crippen molar-refractivity contribution in [2.45, 2.75) is 12.0 Å². The molecule has 0 unspecified atom stereocenters. The Labute approximate surface area is 180 Å². The van der Waals surface area contributed by atoms with Gasteiger partial charge in [-0.25, -0.2) is 9.78 Å². The van der Waals surface area contributed by atoms with Crippen LogP contribution in [0.15, 0.2) is 42.6 Å². The number of pyridine rings is 1. The summed E-state index contributed by atoms with van der Waals surface area (Å²) in [4.78, 5) is 21.6. The van der Waals surface area contributed by atoms with Crippen molar-refractivity contribution >= 4 is 28.6 Å². The number of anilines is 2. The molecule has 2 aromatic heterocycles. The van der Waals surface area contributed by atoms with Gasteiger partial charge in [-0.3, -0.25) is 10.4 Å². The van der Waals surface area contributed by atoms with Crippen LogP contribution in [0.2, 0.25) is 0 Å². The highest BCUT2D eigenvalue weighted by atomic mass is 16.5. The lowest BCUT2D eigenvalue weighted by Crippen LogP contribution is -2.42. The number of carbonyl (C=O) groups is 1. The molecule has 0 aliphatic carbocycles. The van der Waals surface area contributed by atoms with Crippen molar-refractivity contribution in [3.8, 4) is 0 Å². The highest BCUT2D eigenvalue weighted by molar-refractivity contribution is 5.94. The van der Waals surface area contributed by atoms with E-state index in [1.807, 2.05) is 24.3 Å². The average Bonchev–Trinajstić information content (AvgIpc) is 3.37. The molecule has 0 bridgehead atoms. The van der Waals surface area contributed by atoms with Crippen molar-refractivity contribution in [1.82, 2.24) is 25.4 Å². The van der Waals surface area contributed by atoms with Gasteiger partial charge >= 0.3 is 6.03 Å². The number of nitrogens with zero attached hydrogens (tertiary/aromatic N) is 4. The van der Waals surface area contributed by atoms with E-state index in [4.69, 9.17) is 4.74 Å². The van der Waals surface area contributed by atoms with E-state index < -0.39 is 0 Å². The standard InChI is InChI=1S/C22H27N7O2/c1-28-13-17(15-5-3-2-4-6-15)19(14-28)24-22(30)25-20-11-18-16(12-23-20)21(27-26-18)29-7-9-31-10-8-29/h2-6,11-12,17,19H,7-10,13-14H2,1H3,(H,26,27)(H2,23,24,25,30)/t17-,19+/m1/s1. The molecule has 4 heterocycles. The van der Waals surface area contributed by atoms with Crippen molar-refractivity contribution in [1.29, 1.82) is 0 Å². The average molecular weight is 422 g/mol. The van der Waals surface area contributed by atoms with E-state index in [-0.39, 0.29) is 18.0 Å². The first-order valence-corrected chi connectivity index (χ1v) is 10.7. The summed E-state index contributed by atoms with van der Waals surface area (Å²) in [6.45, 7) is 4.73. The molecular formula is C22H27N7O2. The Hall–Kier alpha value is -3.17. The van der Waals surface area contributed by atoms with Gasteiger partial charge in [0.1, 0.15) is 5.82 Å². The van der Waals surface area contributed by atoms with Crippen LogP contribution in [0.5, 0.6) is 0 Å². The molecule has 2 amide bonds. The van der Waals surface area contributed by atoms with Gasteiger partial charge in [0.15, 0.2) is 5.82 Å². The van der Waals surface area contributed by atoms with Crippen LogP contribution >= 0.6 is 0 Å². The Morgan fingerprint density at radius 1 is 1.19 bits per heavy atom. The minimum absolute atomic E-state index is 0.0382. The zero-order valence-corrected chi connectivity index (χ0v) is 17.5. The molecule has 9 nitrogen and oxygen atoms in total. The number of likely N-dealkylation sites (tertiary alicyclic amines) is 1. The molecule has 1 aromatic carbocycles. The van der Waals surface area contributed by atoms with Crippen molar-refractivity contribution < 1.29 is 9.53 Å². The third kappa shape index (κ3) is 4.19. The number of ether oxygens (including phenoxy) is 1. The summed E-state index contributed by atoms with van der Waals surface area (Å²) >= 11 is 0. The Morgan fingerprint density at radius 3 is 2.81 bits per heavy atom. The number of hydrogen-bond donors (Lipinski definition) is 3. The second-order valence-electron chi connectivity index (χ2n) is 8.21. The van der Waals surface area contributed by atoms with Crippen LogP contribution in [0.4, 0.5) is 16.4 Å². The van der Waals surface area contributed by atoms with Gasteiger partial charge in [0, 0.05) is 44.4 Å². The molecule has 0 radical (unpaired) electrons. The summed E-state index contributed by atoms with van der Waals surface area (Å²) in [5, 5.41) is 14.4. The van der Waals surface area contributed by atoms with E-state index in [9.17, 15) is 4.79 Å². The number of fused-ring (bicyclic) bond motifs is 1.